The Bertz CT molecular complexity index is 2440. The molecule has 0 spiro atoms. The van der Waals surface area contributed by atoms with E-state index in [1.165, 1.54) is 12.7 Å². The lowest BCUT2D eigenvalue weighted by Gasteiger charge is -2.70. The number of ether oxygens (including phenoxy) is 1. The maximum atomic E-state index is 15.3. The first-order valence-corrected chi connectivity index (χ1v) is 30.9. The average molecular weight is 1030 g/mol. The van der Waals surface area contributed by atoms with Gasteiger partial charge in [-0.05, 0) is 214 Å². The minimum Gasteiger partial charge on any atom is -0.467 e. The number of unbranched alkanes of at least 4 members (excludes halogenated alkanes) is 1. The minimum absolute atomic E-state index is 0.0118. The van der Waals surface area contributed by atoms with Gasteiger partial charge in [-0.1, -0.05) is 120 Å². The molecule has 418 valence electrons. The van der Waals surface area contributed by atoms with E-state index >= 15 is 9.59 Å². The minimum atomic E-state index is -0.744. The largest absolute Gasteiger partial charge is 0.467 e. The third kappa shape index (κ3) is 7.80. The first-order chi connectivity index (χ1) is 34.8. The second-order valence-electron chi connectivity index (χ2n) is 32.3. The lowest BCUT2D eigenvalue weighted by Crippen LogP contribution is -2.65. The van der Waals surface area contributed by atoms with Crippen LogP contribution in [0.15, 0.2) is 23.3 Å². The molecule has 0 heterocycles. The van der Waals surface area contributed by atoms with E-state index in [2.05, 4.69) is 120 Å². The van der Waals surface area contributed by atoms with E-state index in [-0.39, 0.29) is 83.8 Å². The fraction of sp³-hybridized carbons (Fsp3) is 0.866. The first-order valence-electron chi connectivity index (χ1n) is 30.9. The van der Waals surface area contributed by atoms with Crippen LogP contribution in [0.5, 0.6) is 0 Å². The van der Waals surface area contributed by atoms with E-state index in [0.717, 1.165) is 122 Å². The maximum Gasteiger partial charge on any atom is 0.328 e. The number of fused-ring (bicyclic) bond motifs is 14. The van der Waals surface area contributed by atoms with Gasteiger partial charge in [-0.25, -0.2) is 4.79 Å². The van der Waals surface area contributed by atoms with Crippen LogP contribution in [0.2, 0.25) is 0 Å². The summed E-state index contributed by atoms with van der Waals surface area (Å²) in [5, 5.41) is 6.88. The van der Waals surface area contributed by atoms with E-state index in [4.69, 9.17) is 4.74 Å². The molecule has 8 heteroatoms. The van der Waals surface area contributed by atoms with Crippen LogP contribution in [0.3, 0.4) is 0 Å². The second-order valence-corrected chi connectivity index (χ2v) is 32.3. The molecule has 0 aromatic heterocycles. The Morgan fingerprint density at radius 2 is 0.973 bits per heavy atom. The summed E-state index contributed by atoms with van der Waals surface area (Å²) < 4.78 is 5.43. The molecule has 0 unspecified atom stereocenters. The fourth-order valence-corrected chi connectivity index (χ4v) is 22.4. The van der Waals surface area contributed by atoms with Gasteiger partial charge in [0.25, 0.3) is 0 Å². The number of nitrogens with one attached hydrogen (secondary N) is 2. The normalized spacial score (nSPS) is 46.1. The Hall–Kier alpha value is -2.77. The molecular formula is C67H104N2O6. The Labute approximate surface area is 454 Å². The predicted octanol–water partition coefficient (Wildman–Crippen LogP) is 14.7. The van der Waals surface area contributed by atoms with E-state index in [1.807, 2.05) is 0 Å². The Morgan fingerprint density at radius 3 is 1.41 bits per heavy atom. The number of ketones is 2. The van der Waals surface area contributed by atoms with E-state index < -0.39 is 16.9 Å². The third-order valence-corrected chi connectivity index (χ3v) is 27.7. The molecule has 10 aliphatic carbocycles. The average Bonchev–Trinajstić information content (AvgIpc) is 3.33. The molecule has 0 aromatic carbocycles. The van der Waals surface area contributed by atoms with Gasteiger partial charge in [0, 0.05) is 30.2 Å². The maximum absolute atomic E-state index is 15.3. The topological polar surface area (TPSA) is 119 Å². The summed E-state index contributed by atoms with van der Waals surface area (Å²) in [6, 6.07) is -0.744. The molecule has 15 atom stereocenters. The van der Waals surface area contributed by atoms with Gasteiger partial charge in [0.1, 0.15) is 17.6 Å². The van der Waals surface area contributed by atoms with Crippen LogP contribution in [0.4, 0.5) is 0 Å². The number of Topliss-reactive ketones (excluding diaryl/α,β-unsaturated/α-hetero) is 2. The van der Waals surface area contributed by atoms with Gasteiger partial charge in [-0.15, -0.1) is 0 Å². The van der Waals surface area contributed by atoms with Gasteiger partial charge in [0.05, 0.1) is 17.9 Å². The Kier molecular flexibility index (Phi) is 13.2. The molecule has 2 amide bonds. The summed E-state index contributed by atoms with van der Waals surface area (Å²) in [5.74, 6) is 2.87. The number of allylic oxidation sites excluding steroid dienone is 4. The van der Waals surface area contributed by atoms with Crippen molar-refractivity contribution in [1.82, 2.24) is 10.6 Å². The van der Waals surface area contributed by atoms with Gasteiger partial charge in [-0.3, -0.25) is 19.2 Å². The number of carbonyl (C=O) groups excluding carboxylic acids is 5. The zero-order valence-corrected chi connectivity index (χ0v) is 50.1. The number of amides is 2. The first kappa shape index (κ1) is 55.5. The molecule has 0 bridgehead atoms. The number of methoxy groups -OCH3 is 1. The van der Waals surface area contributed by atoms with Crippen LogP contribution in [-0.4, -0.2) is 49.0 Å². The van der Waals surface area contributed by atoms with Crippen molar-refractivity contribution in [2.45, 2.75) is 251 Å². The quantitative estimate of drug-likeness (QED) is 0.135. The van der Waals surface area contributed by atoms with Crippen LogP contribution in [0.25, 0.3) is 0 Å². The zero-order valence-electron chi connectivity index (χ0n) is 50.1. The lowest BCUT2D eigenvalue weighted by atomic mass is 9.33. The Morgan fingerprint density at radius 1 is 0.547 bits per heavy atom. The van der Waals surface area contributed by atoms with Crippen LogP contribution in [0.1, 0.15) is 245 Å². The van der Waals surface area contributed by atoms with Crippen LogP contribution in [-0.2, 0) is 28.7 Å². The summed E-state index contributed by atoms with van der Waals surface area (Å²) in [7, 11) is 1.43. The van der Waals surface area contributed by atoms with Crippen molar-refractivity contribution in [3.8, 4) is 0 Å². The lowest BCUT2D eigenvalue weighted by molar-refractivity contribution is -0.186. The van der Waals surface area contributed by atoms with E-state index in [1.54, 1.807) is 5.57 Å². The van der Waals surface area contributed by atoms with Crippen molar-refractivity contribution in [3.63, 3.8) is 0 Å². The summed E-state index contributed by atoms with van der Waals surface area (Å²) in [4.78, 5) is 70.7. The molecule has 2 N–H and O–H groups in total. The molecule has 75 heavy (non-hydrogen) atoms. The molecule has 0 aliphatic heterocycles. The molecule has 0 aromatic rings. The number of hydrogen-bond donors (Lipinski definition) is 2. The fourth-order valence-electron chi connectivity index (χ4n) is 22.4. The highest BCUT2D eigenvalue weighted by atomic mass is 16.5. The number of rotatable bonds is 9. The SMILES string of the molecule is COC(=O)[C@@H](CCCCNC(=O)[C@]12CCC(C)(C)C[C@@H]1C1=CC[C@@H]3[C@@]4(C)CCC(=O)C(C)(C)[C@@H]4CC[C@@]3(C)[C@]1(C)CC2)NC(=O)[C@]12CCC(C)(C)C[C@@H]1C1=CC[C@@H]3[C@@]4(C)CCC(=O)C(C)(C)[C@@H]4CC[C@@]3(C)[C@]1(C)CC2. The molecule has 8 nitrogen and oxygen atoms in total. The summed E-state index contributed by atoms with van der Waals surface area (Å²) in [5.41, 5.74) is 2.12. The summed E-state index contributed by atoms with van der Waals surface area (Å²) in [6.07, 6.45) is 26.4. The monoisotopic (exact) mass is 1030 g/mol. The number of hydrogen-bond acceptors (Lipinski definition) is 6. The predicted molar refractivity (Wildman–Crippen MR) is 299 cm³/mol. The van der Waals surface area contributed by atoms with Gasteiger partial charge >= 0.3 is 5.97 Å². The van der Waals surface area contributed by atoms with Crippen molar-refractivity contribution >= 4 is 29.4 Å². The molecule has 8 fully saturated rings. The number of carbonyl (C=O) groups is 5. The molecule has 10 aliphatic rings. The second kappa shape index (κ2) is 17.9. The summed E-state index contributed by atoms with van der Waals surface area (Å²) >= 11 is 0. The zero-order chi connectivity index (χ0) is 54.6. The molecule has 10 rings (SSSR count). The van der Waals surface area contributed by atoms with Gasteiger partial charge in [0.2, 0.25) is 11.8 Å². The molecule has 8 saturated carbocycles. The molecule has 0 radical (unpaired) electrons. The molecule has 0 saturated heterocycles. The van der Waals surface area contributed by atoms with Crippen molar-refractivity contribution in [2.75, 3.05) is 13.7 Å². The van der Waals surface area contributed by atoms with Gasteiger partial charge in [-0.2, -0.15) is 0 Å². The van der Waals surface area contributed by atoms with Gasteiger partial charge in [0.15, 0.2) is 0 Å². The third-order valence-electron chi connectivity index (χ3n) is 27.7. The highest BCUT2D eigenvalue weighted by molar-refractivity contribution is 5.89. The number of esters is 1. The van der Waals surface area contributed by atoms with Crippen LogP contribution in [0, 0.1) is 100 Å². The Balaban J connectivity index is 0.823. The van der Waals surface area contributed by atoms with Crippen molar-refractivity contribution in [3.05, 3.63) is 23.3 Å². The summed E-state index contributed by atoms with van der Waals surface area (Å²) in [6.45, 7) is 34.4. The van der Waals surface area contributed by atoms with E-state index in [0.29, 0.717) is 67.5 Å². The van der Waals surface area contributed by atoms with Crippen molar-refractivity contribution in [2.24, 2.45) is 100 Å². The molecular weight excluding hydrogens is 929 g/mol. The highest BCUT2D eigenvalue weighted by Crippen LogP contribution is 2.78. The highest BCUT2D eigenvalue weighted by Gasteiger charge is 2.71. The van der Waals surface area contributed by atoms with Crippen LogP contribution < -0.4 is 10.6 Å². The standard InChI is InChI=1S/C67H104N2O6/c1-56(2)31-35-66(37-33-62(11)42(44(66)40-56)19-21-49-60(9)27-25-51(70)58(5,6)47(60)23-29-64(49,62)13)54(73)68-39-17-16-18-46(53(72)75-15)69-55(74)67-36-32-57(3,4)41-45(67)43-20-22-50-61(10)28-26-52(71)59(7,8)48(61)24-30-65(50,14)63(43,12)34-38-67/h19-20,44-50H,16-18,21-41H2,1-15H3,(H,68,73)(H,69,74)/t44-,45-,46-,47+,48+,49-,50-,60+,61+,62-,63-,64-,65-,66+,67+/m1/s1. The van der Waals surface area contributed by atoms with Crippen LogP contribution >= 0.6 is 0 Å². The smallest absolute Gasteiger partial charge is 0.328 e. The van der Waals surface area contributed by atoms with Crippen molar-refractivity contribution in [1.29, 1.82) is 0 Å². The van der Waals surface area contributed by atoms with E-state index in [9.17, 15) is 14.4 Å². The van der Waals surface area contributed by atoms with Crippen molar-refractivity contribution < 1.29 is 28.7 Å². The van der Waals surface area contributed by atoms with Gasteiger partial charge < -0.3 is 15.4 Å².